The third-order valence-corrected chi connectivity index (χ3v) is 4.16. The summed E-state index contributed by atoms with van der Waals surface area (Å²) in [5.74, 6) is -4.82. The molecular weight excluding hydrogens is 458 g/mol. The Labute approximate surface area is 150 Å². The largest absolute Gasteiger partial charge is 0.733 e. The summed E-state index contributed by atoms with van der Waals surface area (Å²) < 4.78 is 48.9. The van der Waals surface area contributed by atoms with E-state index in [9.17, 15) is 23.2 Å². The Morgan fingerprint density at radius 3 is 2.56 bits per heavy atom. The zero-order valence-corrected chi connectivity index (χ0v) is 14.5. The molecule has 2 aromatic carbocycles. The van der Waals surface area contributed by atoms with Gasteiger partial charge in [-0.15, -0.1) is 0 Å². The number of hydrogen-bond donors (Lipinski definition) is 2. The molecule has 0 amide bonds. The van der Waals surface area contributed by atoms with Crippen LogP contribution in [0.5, 0.6) is 5.75 Å². The second kappa shape index (κ2) is 6.24. The highest BCUT2D eigenvalue weighted by Gasteiger charge is 2.27. The van der Waals surface area contributed by atoms with Crippen LogP contribution in [0.4, 0.5) is 18.9 Å². The van der Waals surface area contributed by atoms with E-state index in [-0.39, 0.29) is 5.69 Å². The molecule has 3 aromatic rings. The minimum Gasteiger partial charge on any atom is -0.733 e. The monoisotopic (exact) mass is 466 g/mol. The third kappa shape index (κ3) is 2.63. The van der Waals surface area contributed by atoms with Gasteiger partial charge in [0.1, 0.15) is 22.5 Å². The molecule has 0 bridgehead atoms. The number of imidazole rings is 1. The van der Waals surface area contributed by atoms with Gasteiger partial charge in [0.25, 0.3) is 0 Å². The van der Waals surface area contributed by atoms with E-state index in [2.05, 4.69) is 4.98 Å². The van der Waals surface area contributed by atoms with Gasteiger partial charge in [-0.1, -0.05) is 0 Å². The van der Waals surface area contributed by atoms with Crippen molar-refractivity contribution in [2.75, 3.05) is 12.3 Å². The van der Waals surface area contributed by atoms with Gasteiger partial charge in [0, 0.05) is 3.57 Å². The molecule has 2 N–H and O–H groups in total. The van der Waals surface area contributed by atoms with Gasteiger partial charge >= 0.3 is 5.69 Å². The number of rotatable bonds is 3. The summed E-state index contributed by atoms with van der Waals surface area (Å²) in [5, 5.41) is 19.2. The average Bonchev–Trinajstić information content (AvgIpc) is 2.87. The van der Waals surface area contributed by atoms with Crippen LogP contribution >= 0.6 is 22.6 Å². The fourth-order valence-corrected chi connectivity index (χ4v) is 2.95. The van der Waals surface area contributed by atoms with Crippen LogP contribution in [0.2, 0.25) is 0 Å². The van der Waals surface area contributed by atoms with Crippen LogP contribution in [0.25, 0.3) is 16.7 Å². The molecule has 0 aliphatic carbocycles. The molecule has 132 valence electrons. The average molecular weight is 466 g/mol. The molecule has 25 heavy (non-hydrogen) atoms. The van der Waals surface area contributed by atoms with Crippen molar-refractivity contribution in [3.63, 3.8) is 0 Å². The Morgan fingerprint density at radius 1 is 1.32 bits per heavy atom. The van der Waals surface area contributed by atoms with Crippen LogP contribution in [0.3, 0.4) is 0 Å². The maximum Gasteiger partial charge on any atom is 0.331 e. The quantitative estimate of drug-likeness (QED) is 0.458. The molecule has 0 saturated heterocycles. The molecule has 0 radical (unpaired) electrons. The fourth-order valence-electron chi connectivity index (χ4n) is 2.50. The Hall–Kier alpha value is -2.25. The zero-order valence-electron chi connectivity index (χ0n) is 12.3. The van der Waals surface area contributed by atoms with E-state index in [1.165, 1.54) is 12.1 Å². The third-order valence-electron chi connectivity index (χ3n) is 3.49. The lowest BCUT2D eigenvalue weighted by Crippen LogP contribution is -2.17. The lowest BCUT2D eigenvalue weighted by atomic mass is 10.2. The predicted molar refractivity (Wildman–Crippen MR) is 90.7 cm³/mol. The second-order valence-electron chi connectivity index (χ2n) is 4.87. The van der Waals surface area contributed by atoms with Gasteiger partial charge < -0.3 is 20.2 Å². The number of nitrogens with zero attached hydrogens (tertiary/aromatic N) is 2. The molecule has 1 heterocycles. The summed E-state index contributed by atoms with van der Waals surface area (Å²) in [5.41, 5.74) is -3.53. The van der Waals surface area contributed by atoms with Gasteiger partial charge in [-0.3, -0.25) is 9.77 Å². The Kier molecular flexibility index (Phi) is 4.38. The Morgan fingerprint density at radius 2 is 2.00 bits per heavy atom. The van der Waals surface area contributed by atoms with Crippen LogP contribution in [0.15, 0.2) is 23.0 Å². The van der Waals surface area contributed by atoms with Crippen LogP contribution in [0, 0.1) is 26.2 Å². The summed E-state index contributed by atoms with van der Waals surface area (Å²) in [6, 6.07) is 3.79. The van der Waals surface area contributed by atoms with Gasteiger partial charge in [0.2, 0.25) is 0 Å². The number of nitrogens with one attached hydrogen (secondary N) is 1. The van der Waals surface area contributed by atoms with Crippen LogP contribution < -0.4 is 15.7 Å². The van der Waals surface area contributed by atoms with Crippen molar-refractivity contribution in [1.82, 2.24) is 9.55 Å². The van der Waals surface area contributed by atoms with E-state index in [4.69, 9.17) is 9.94 Å². The molecule has 0 unspecified atom stereocenters. The number of ether oxygens (including phenoxy) is 1. The zero-order chi connectivity index (χ0) is 18.5. The molecule has 0 aliphatic heterocycles. The number of methoxy groups -OCH3 is 1. The highest BCUT2D eigenvalue weighted by Crippen LogP contribution is 2.39. The van der Waals surface area contributed by atoms with Crippen molar-refractivity contribution in [1.29, 1.82) is 0 Å². The highest BCUT2D eigenvalue weighted by molar-refractivity contribution is 14.1. The number of halogens is 4. The molecule has 3 rings (SSSR count). The lowest BCUT2D eigenvalue weighted by Gasteiger charge is -2.24. The molecule has 0 aliphatic rings. The minimum absolute atomic E-state index is 0.326. The first-order valence-corrected chi connectivity index (χ1v) is 7.67. The van der Waals surface area contributed by atoms with Crippen molar-refractivity contribution >= 4 is 39.3 Å². The van der Waals surface area contributed by atoms with E-state index in [1.807, 2.05) is 22.6 Å². The van der Waals surface area contributed by atoms with Gasteiger partial charge in [-0.05, 0) is 40.8 Å². The smallest absolute Gasteiger partial charge is 0.331 e. The van der Waals surface area contributed by atoms with Crippen molar-refractivity contribution in [3.8, 4) is 11.4 Å². The van der Waals surface area contributed by atoms with Crippen LogP contribution in [0.1, 0.15) is 0 Å². The number of H-pyrrole nitrogens is 1. The van der Waals surface area contributed by atoms with E-state index in [0.717, 1.165) is 13.2 Å². The normalized spacial score (nSPS) is 11.2. The first-order chi connectivity index (χ1) is 11.8. The number of aromatic amines is 1. The molecule has 0 fully saturated rings. The van der Waals surface area contributed by atoms with Gasteiger partial charge in [0.15, 0.2) is 17.4 Å². The van der Waals surface area contributed by atoms with Crippen molar-refractivity contribution in [3.05, 3.63) is 54.9 Å². The van der Waals surface area contributed by atoms with Gasteiger partial charge in [-0.25, -0.2) is 18.0 Å². The van der Waals surface area contributed by atoms with E-state index in [0.29, 0.717) is 8.14 Å². The Balaban J connectivity index is 2.50. The van der Waals surface area contributed by atoms with Crippen LogP contribution in [-0.4, -0.2) is 21.9 Å². The highest BCUT2D eigenvalue weighted by atomic mass is 127. The van der Waals surface area contributed by atoms with E-state index in [1.54, 1.807) is 0 Å². The van der Waals surface area contributed by atoms with Crippen molar-refractivity contribution in [2.45, 2.75) is 0 Å². The summed E-state index contributed by atoms with van der Waals surface area (Å²) >= 11 is 1.84. The molecule has 0 spiro atoms. The summed E-state index contributed by atoms with van der Waals surface area (Å²) in [6.45, 7) is 0. The maximum absolute atomic E-state index is 14.5. The van der Waals surface area contributed by atoms with Crippen molar-refractivity contribution in [2.24, 2.45) is 0 Å². The van der Waals surface area contributed by atoms with Gasteiger partial charge in [0.05, 0.1) is 12.8 Å². The van der Waals surface area contributed by atoms with E-state index >= 15 is 0 Å². The van der Waals surface area contributed by atoms with E-state index < -0.39 is 50.8 Å². The van der Waals surface area contributed by atoms with Crippen molar-refractivity contribution < 1.29 is 23.1 Å². The number of aromatic nitrogens is 2. The number of hydrogen-bond acceptors (Lipinski definition) is 5. The number of fused-ring (bicyclic) bond motifs is 1. The topological polar surface area (TPSA) is 93.6 Å². The lowest BCUT2D eigenvalue weighted by molar-refractivity contribution is 0.284. The molecule has 7 nitrogen and oxygen atoms in total. The standard InChI is InChI=1S/C14H8F3IN3O4/c1-25-13-10-11(8(16)9(17)12(13)21(23)24)20(14(22)19-10)7-3-2-5(18)4-6(7)15/h2-4,23H,1H3,(H,19,22)/q-1. The minimum atomic E-state index is -1.75. The molecule has 1 aromatic heterocycles. The summed E-state index contributed by atoms with van der Waals surface area (Å²) in [7, 11) is 1.03. The molecule has 11 heteroatoms. The summed E-state index contributed by atoms with van der Waals surface area (Å²) in [4.78, 5) is 14.4. The number of benzene rings is 2. The Bertz CT molecular complexity index is 1050. The summed E-state index contributed by atoms with van der Waals surface area (Å²) in [6.07, 6.45) is 0. The van der Waals surface area contributed by atoms with Gasteiger partial charge in [-0.2, -0.15) is 0 Å². The predicted octanol–water partition coefficient (Wildman–Crippen LogP) is 3.04. The molecule has 0 saturated carbocycles. The first kappa shape index (κ1) is 17.6. The van der Waals surface area contributed by atoms with Crippen LogP contribution in [-0.2, 0) is 0 Å². The molecule has 0 atom stereocenters. The number of anilines is 1. The molecular formula is C14H8F3IN3O4-. The SMILES string of the molecule is COc1c(N([O-])O)c(F)c(F)c2c1[nH]c(=O)n2-c1ccc(I)cc1F. The second-order valence-corrected chi connectivity index (χ2v) is 6.11. The fraction of sp³-hybridized carbons (Fsp3) is 0.0714. The first-order valence-electron chi connectivity index (χ1n) is 6.59. The maximum atomic E-state index is 14.5.